The van der Waals surface area contributed by atoms with Crippen molar-refractivity contribution >= 4 is 5.91 Å². The standard InChI is InChI=1S/C14H22N2O/c1-11-5-6-13(9-12(11)2)10-14(17)16(4)8-7-15-3/h5-6,9,15H,7-8,10H2,1-4H3. The molecular formula is C14H22N2O. The summed E-state index contributed by atoms with van der Waals surface area (Å²) in [6, 6.07) is 6.21. The molecule has 0 spiro atoms. The Morgan fingerprint density at radius 3 is 2.59 bits per heavy atom. The van der Waals surface area contributed by atoms with Crippen LogP contribution in [-0.4, -0.2) is 38.0 Å². The molecule has 1 N–H and O–H groups in total. The second-order valence-corrected chi connectivity index (χ2v) is 4.51. The Kier molecular flexibility index (Phi) is 5.16. The SMILES string of the molecule is CNCCN(C)C(=O)Cc1ccc(C)c(C)c1. The van der Waals surface area contributed by atoms with E-state index in [0.717, 1.165) is 18.7 Å². The molecular weight excluding hydrogens is 212 g/mol. The van der Waals surface area contributed by atoms with E-state index >= 15 is 0 Å². The van der Waals surface area contributed by atoms with Crippen LogP contribution >= 0.6 is 0 Å². The average molecular weight is 234 g/mol. The van der Waals surface area contributed by atoms with Crippen LogP contribution in [0.2, 0.25) is 0 Å². The van der Waals surface area contributed by atoms with Gasteiger partial charge >= 0.3 is 0 Å². The zero-order valence-corrected chi connectivity index (χ0v) is 11.2. The topological polar surface area (TPSA) is 32.3 Å². The smallest absolute Gasteiger partial charge is 0.226 e. The molecule has 0 radical (unpaired) electrons. The number of likely N-dealkylation sites (N-methyl/N-ethyl adjacent to an activating group) is 2. The summed E-state index contributed by atoms with van der Waals surface area (Å²) in [4.78, 5) is 13.7. The Bertz CT molecular complexity index is 388. The predicted octanol–water partition coefficient (Wildman–Crippen LogP) is 1.52. The van der Waals surface area contributed by atoms with Crippen LogP contribution in [0.1, 0.15) is 16.7 Å². The van der Waals surface area contributed by atoms with Crippen LogP contribution in [0.5, 0.6) is 0 Å². The molecule has 0 aliphatic heterocycles. The molecule has 1 aromatic carbocycles. The number of rotatable bonds is 5. The van der Waals surface area contributed by atoms with E-state index in [1.165, 1.54) is 11.1 Å². The lowest BCUT2D eigenvalue weighted by atomic mass is 10.0. The van der Waals surface area contributed by atoms with Crippen molar-refractivity contribution in [3.8, 4) is 0 Å². The van der Waals surface area contributed by atoms with Crippen molar-refractivity contribution in [3.63, 3.8) is 0 Å². The summed E-state index contributed by atoms with van der Waals surface area (Å²) in [7, 11) is 3.74. The van der Waals surface area contributed by atoms with Crippen molar-refractivity contribution in [2.45, 2.75) is 20.3 Å². The van der Waals surface area contributed by atoms with Crippen molar-refractivity contribution < 1.29 is 4.79 Å². The highest BCUT2D eigenvalue weighted by molar-refractivity contribution is 5.78. The van der Waals surface area contributed by atoms with Gasteiger partial charge in [0.1, 0.15) is 0 Å². The van der Waals surface area contributed by atoms with E-state index in [2.05, 4.69) is 31.3 Å². The quantitative estimate of drug-likeness (QED) is 0.838. The molecule has 94 valence electrons. The van der Waals surface area contributed by atoms with Crippen LogP contribution in [0.4, 0.5) is 0 Å². The average Bonchev–Trinajstić information content (AvgIpc) is 2.30. The molecule has 0 saturated carbocycles. The molecule has 0 bridgehead atoms. The first-order chi connectivity index (χ1) is 8.04. The fraction of sp³-hybridized carbons (Fsp3) is 0.500. The van der Waals surface area contributed by atoms with Crippen molar-refractivity contribution in [2.24, 2.45) is 0 Å². The zero-order chi connectivity index (χ0) is 12.8. The molecule has 1 aromatic rings. The largest absolute Gasteiger partial charge is 0.344 e. The van der Waals surface area contributed by atoms with Crippen molar-refractivity contribution in [3.05, 3.63) is 34.9 Å². The molecule has 3 heteroatoms. The van der Waals surface area contributed by atoms with Gasteiger partial charge in [0.25, 0.3) is 0 Å². The van der Waals surface area contributed by atoms with Gasteiger partial charge in [0.15, 0.2) is 0 Å². The number of hydrogen-bond acceptors (Lipinski definition) is 2. The van der Waals surface area contributed by atoms with E-state index in [1.807, 2.05) is 20.2 Å². The van der Waals surface area contributed by atoms with E-state index in [4.69, 9.17) is 0 Å². The number of nitrogens with zero attached hydrogens (tertiary/aromatic N) is 1. The molecule has 0 saturated heterocycles. The van der Waals surface area contributed by atoms with Crippen molar-refractivity contribution in [1.82, 2.24) is 10.2 Å². The third-order valence-corrected chi connectivity index (χ3v) is 3.05. The molecule has 0 aromatic heterocycles. The lowest BCUT2D eigenvalue weighted by Gasteiger charge is -2.17. The zero-order valence-electron chi connectivity index (χ0n) is 11.2. The van der Waals surface area contributed by atoms with Crippen LogP contribution in [0.3, 0.4) is 0 Å². The Balaban J connectivity index is 2.58. The fourth-order valence-corrected chi connectivity index (χ4v) is 1.63. The van der Waals surface area contributed by atoms with Gasteiger partial charge in [-0.05, 0) is 37.6 Å². The maximum Gasteiger partial charge on any atom is 0.226 e. The summed E-state index contributed by atoms with van der Waals surface area (Å²) in [5, 5.41) is 3.04. The van der Waals surface area contributed by atoms with Crippen LogP contribution in [0.15, 0.2) is 18.2 Å². The highest BCUT2D eigenvalue weighted by Crippen LogP contribution is 2.10. The van der Waals surface area contributed by atoms with E-state index < -0.39 is 0 Å². The molecule has 17 heavy (non-hydrogen) atoms. The highest BCUT2D eigenvalue weighted by Gasteiger charge is 2.09. The molecule has 0 atom stereocenters. The summed E-state index contributed by atoms with van der Waals surface area (Å²) >= 11 is 0. The third kappa shape index (κ3) is 4.19. The first kappa shape index (κ1) is 13.7. The van der Waals surface area contributed by atoms with E-state index in [9.17, 15) is 4.79 Å². The van der Waals surface area contributed by atoms with Gasteiger partial charge in [-0.25, -0.2) is 0 Å². The van der Waals surface area contributed by atoms with Crippen LogP contribution in [-0.2, 0) is 11.2 Å². The number of amides is 1. The number of carbonyl (C=O) groups is 1. The maximum atomic E-state index is 11.9. The summed E-state index contributed by atoms with van der Waals surface area (Å²) in [5.74, 6) is 0.170. The van der Waals surface area contributed by atoms with Gasteiger partial charge in [-0.3, -0.25) is 4.79 Å². The minimum atomic E-state index is 0.170. The minimum Gasteiger partial charge on any atom is -0.344 e. The first-order valence-corrected chi connectivity index (χ1v) is 5.99. The maximum absolute atomic E-state index is 11.9. The van der Waals surface area contributed by atoms with E-state index in [1.54, 1.807) is 4.90 Å². The highest BCUT2D eigenvalue weighted by atomic mass is 16.2. The normalized spacial score (nSPS) is 10.4. The molecule has 1 amide bonds. The first-order valence-electron chi connectivity index (χ1n) is 5.99. The molecule has 0 unspecified atom stereocenters. The number of aryl methyl sites for hydroxylation is 2. The van der Waals surface area contributed by atoms with Crippen LogP contribution in [0.25, 0.3) is 0 Å². The molecule has 0 aliphatic carbocycles. The second kappa shape index (κ2) is 6.40. The summed E-state index contributed by atoms with van der Waals surface area (Å²) in [6.07, 6.45) is 0.487. The molecule has 0 heterocycles. The van der Waals surface area contributed by atoms with Gasteiger partial charge in [-0.2, -0.15) is 0 Å². The third-order valence-electron chi connectivity index (χ3n) is 3.05. The fourth-order valence-electron chi connectivity index (χ4n) is 1.63. The Morgan fingerprint density at radius 1 is 1.29 bits per heavy atom. The van der Waals surface area contributed by atoms with Crippen molar-refractivity contribution in [1.29, 1.82) is 0 Å². The molecule has 0 fully saturated rings. The van der Waals surface area contributed by atoms with E-state index in [-0.39, 0.29) is 5.91 Å². The van der Waals surface area contributed by atoms with Gasteiger partial charge in [-0.1, -0.05) is 18.2 Å². The van der Waals surface area contributed by atoms with Crippen LogP contribution in [0, 0.1) is 13.8 Å². The Labute approximate surface area is 104 Å². The number of benzene rings is 1. The number of carbonyl (C=O) groups excluding carboxylic acids is 1. The van der Waals surface area contributed by atoms with E-state index in [0.29, 0.717) is 6.42 Å². The lowest BCUT2D eigenvalue weighted by molar-refractivity contribution is -0.129. The van der Waals surface area contributed by atoms with Gasteiger partial charge in [0.2, 0.25) is 5.91 Å². The van der Waals surface area contributed by atoms with Gasteiger partial charge in [0, 0.05) is 20.1 Å². The number of nitrogens with one attached hydrogen (secondary N) is 1. The minimum absolute atomic E-state index is 0.170. The Hall–Kier alpha value is -1.35. The van der Waals surface area contributed by atoms with Gasteiger partial charge in [0.05, 0.1) is 6.42 Å². The van der Waals surface area contributed by atoms with Crippen LogP contribution < -0.4 is 5.32 Å². The molecule has 0 aliphatic rings. The predicted molar refractivity (Wildman–Crippen MR) is 71.2 cm³/mol. The molecule has 1 rings (SSSR count). The summed E-state index contributed by atoms with van der Waals surface area (Å²) in [5.41, 5.74) is 3.60. The van der Waals surface area contributed by atoms with Crippen molar-refractivity contribution in [2.75, 3.05) is 27.2 Å². The Morgan fingerprint density at radius 2 is 2.00 bits per heavy atom. The molecule has 3 nitrogen and oxygen atoms in total. The van der Waals surface area contributed by atoms with Gasteiger partial charge < -0.3 is 10.2 Å². The summed E-state index contributed by atoms with van der Waals surface area (Å²) in [6.45, 7) is 5.74. The number of hydrogen-bond donors (Lipinski definition) is 1. The lowest BCUT2D eigenvalue weighted by Crippen LogP contribution is -2.33. The second-order valence-electron chi connectivity index (χ2n) is 4.51. The summed E-state index contributed by atoms with van der Waals surface area (Å²) < 4.78 is 0. The monoisotopic (exact) mass is 234 g/mol. The van der Waals surface area contributed by atoms with Gasteiger partial charge in [-0.15, -0.1) is 0 Å².